The molecule has 2 unspecified atom stereocenters. The van der Waals surface area contributed by atoms with Crippen molar-refractivity contribution < 1.29 is 0 Å². The minimum absolute atomic E-state index is 0.513. The maximum atomic E-state index is 4.63. The molecule has 0 amide bonds. The summed E-state index contributed by atoms with van der Waals surface area (Å²) in [5.74, 6) is 1.29. The van der Waals surface area contributed by atoms with Gasteiger partial charge in [-0.15, -0.1) is 0 Å². The minimum Gasteiger partial charge on any atom is -0.328 e. The van der Waals surface area contributed by atoms with Gasteiger partial charge in [-0.1, -0.05) is 0 Å². The van der Waals surface area contributed by atoms with Gasteiger partial charge in [0.05, 0.1) is 6.04 Å². The van der Waals surface area contributed by atoms with Crippen molar-refractivity contribution in [3.8, 4) is 0 Å². The van der Waals surface area contributed by atoms with Crippen LogP contribution in [0.15, 0.2) is 6.20 Å². The van der Waals surface area contributed by atoms with Crippen molar-refractivity contribution in [3.63, 3.8) is 0 Å². The van der Waals surface area contributed by atoms with Crippen molar-refractivity contribution >= 4 is 0 Å². The van der Waals surface area contributed by atoms with Crippen LogP contribution in [0.5, 0.6) is 0 Å². The molecule has 1 aromatic rings. The van der Waals surface area contributed by atoms with Crippen LogP contribution in [0.2, 0.25) is 0 Å². The molecule has 2 atom stereocenters. The van der Waals surface area contributed by atoms with Crippen molar-refractivity contribution in [1.29, 1.82) is 0 Å². The van der Waals surface area contributed by atoms with Gasteiger partial charge in [0.2, 0.25) is 0 Å². The number of fused-ring (bicyclic) bond motifs is 1. The standard InChI is InChI=1S/C12H19N3/c1-9-4-2-5-10-8-14-12(15(9)10)11-6-3-7-13-11/h8-9,11,13H,2-7H2,1H3. The van der Waals surface area contributed by atoms with Crippen LogP contribution in [-0.4, -0.2) is 16.1 Å². The van der Waals surface area contributed by atoms with Crippen LogP contribution in [-0.2, 0) is 6.42 Å². The maximum Gasteiger partial charge on any atom is 0.126 e. The van der Waals surface area contributed by atoms with Gasteiger partial charge in [0, 0.05) is 17.9 Å². The zero-order chi connectivity index (χ0) is 10.3. The topological polar surface area (TPSA) is 29.9 Å². The molecule has 1 fully saturated rings. The number of aryl methyl sites for hydroxylation is 1. The lowest BCUT2D eigenvalue weighted by Gasteiger charge is -2.25. The van der Waals surface area contributed by atoms with E-state index in [9.17, 15) is 0 Å². The zero-order valence-corrected chi connectivity index (χ0v) is 9.37. The predicted molar refractivity (Wildman–Crippen MR) is 59.9 cm³/mol. The fourth-order valence-electron chi connectivity index (χ4n) is 2.98. The Morgan fingerprint density at radius 3 is 3.13 bits per heavy atom. The quantitative estimate of drug-likeness (QED) is 0.761. The Labute approximate surface area is 90.9 Å². The largest absolute Gasteiger partial charge is 0.328 e. The highest BCUT2D eigenvalue weighted by molar-refractivity contribution is 5.13. The molecule has 0 radical (unpaired) electrons. The number of hydrogen-bond donors (Lipinski definition) is 1. The van der Waals surface area contributed by atoms with Crippen LogP contribution in [0.1, 0.15) is 56.2 Å². The lowest BCUT2D eigenvalue weighted by Crippen LogP contribution is -2.23. The molecule has 0 aliphatic carbocycles. The van der Waals surface area contributed by atoms with Gasteiger partial charge in [0.15, 0.2) is 0 Å². The van der Waals surface area contributed by atoms with E-state index < -0.39 is 0 Å². The zero-order valence-electron chi connectivity index (χ0n) is 9.37. The fraction of sp³-hybridized carbons (Fsp3) is 0.750. The molecule has 1 aromatic heterocycles. The highest BCUT2D eigenvalue weighted by Gasteiger charge is 2.26. The highest BCUT2D eigenvalue weighted by Crippen LogP contribution is 2.31. The number of rotatable bonds is 1. The number of nitrogens with one attached hydrogen (secondary N) is 1. The summed E-state index contributed by atoms with van der Waals surface area (Å²) in [7, 11) is 0. The van der Waals surface area contributed by atoms with Gasteiger partial charge in [-0.3, -0.25) is 0 Å². The normalized spacial score (nSPS) is 30.5. The van der Waals surface area contributed by atoms with E-state index >= 15 is 0 Å². The summed E-state index contributed by atoms with van der Waals surface area (Å²) in [6.07, 6.45) is 8.48. The van der Waals surface area contributed by atoms with Crippen LogP contribution >= 0.6 is 0 Å². The Morgan fingerprint density at radius 1 is 1.40 bits per heavy atom. The predicted octanol–water partition coefficient (Wildman–Crippen LogP) is 2.20. The third-order valence-electron chi connectivity index (χ3n) is 3.77. The molecule has 15 heavy (non-hydrogen) atoms. The third-order valence-corrected chi connectivity index (χ3v) is 3.77. The molecule has 1 N–H and O–H groups in total. The maximum absolute atomic E-state index is 4.63. The second kappa shape index (κ2) is 3.63. The average molecular weight is 205 g/mol. The molecule has 1 saturated heterocycles. The van der Waals surface area contributed by atoms with E-state index in [0.717, 1.165) is 6.54 Å². The van der Waals surface area contributed by atoms with Crippen molar-refractivity contribution in [3.05, 3.63) is 17.7 Å². The highest BCUT2D eigenvalue weighted by atomic mass is 15.2. The second-order valence-corrected chi connectivity index (χ2v) is 4.87. The second-order valence-electron chi connectivity index (χ2n) is 4.87. The Balaban J connectivity index is 1.97. The summed E-state index contributed by atoms with van der Waals surface area (Å²) in [6.45, 7) is 3.48. The minimum atomic E-state index is 0.513. The van der Waals surface area contributed by atoms with E-state index in [4.69, 9.17) is 0 Å². The van der Waals surface area contributed by atoms with E-state index in [0.29, 0.717) is 12.1 Å². The van der Waals surface area contributed by atoms with Crippen LogP contribution in [0.3, 0.4) is 0 Å². The van der Waals surface area contributed by atoms with E-state index in [1.54, 1.807) is 0 Å². The SMILES string of the molecule is CC1CCCc2cnc(C3CCCN3)n21. The van der Waals surface area contributed by atoms with E-state index in [1.165, 1.54) is 43.6 Å². The van der Waals surface area contributed by atoms with Gasteiger partial charge >= 0.3 is 0 Å². The van der Waals surface area contributed by atoms with Crippen molar-refractivity contribution in [2.24, 2.45) is 0 Å². The molecule has 3 rings (SSSR count). The Morgan fingerprint density at radius 2 is 2.33 bits per heavy atom. The summed E-state index contributed by atoms with van der Waals surface area (Å²) in [5.41, 5.74) is 1.44. The van der Waals surface area contributed by atoms with Crippen LogP contribution in [0, 0.1) is 0 Å². The molecule has 0 aromatic carbocycles. The van der Waals surface area contributed by atoms with Crippen LogP contribution in [0.25, 0.3) is 0 Å². The molecule has 2 aliphatic rings. The van der Waals surface area contributed by atoms with E-state index in [2.05, 4.69) is 28.0 Å². The molecule has 3 heterocycles. The monoisotopic (exact) mass is 205 g/mol. The van der Waals surface area contributed by atoms with Gasteiger partial charge in [-0.25, -0.2) is 4.98 Å². The van der Waals surface area contributed by atoms with E-state index in [-0.39, 0.29) is 0 Å². The van der Waals surface area contributed by atoms with Crippen LogP contribution in [0.4, 0.5) is 0 Å². The Hall–Kier alpha value is -0.830. The van der Waals surface area contributed by atoms with Crippen molar-refractivity contribution in [2.45, 2.75) is 51.1 Å². The molecule has 0 saturated carbocycles. The first-order valence-electron chi connectivity index (χ1n) is 6.15. The molecule has 0 bridgehead atoms. The lowest BCUT2D eigenvalue weighted by atomic mass is 10.0. The third kappa shape index (κ3) is 1.49. The smallest absolute Gasteiger partial charge is 0.126 e. The van der Waals surface area contributed by atoms with Crippen molar-refractivity contribution in [2.75, 3.05) is 6.54 Å². The van der Waals surface area contributed by atoms with Gasteiger partial charge < -0.3 is 9.88 Å². The first-order valence-corrected chi connectivity index (χ1v) is 6.15. The summed E-state index contributed by atoms with van der Waals surface area (Å²) in [4.78, 5) is 4.63. The Bertz CT molecular complexity index is 350. The fourth-order valence-corrected chi connectivity index (χ4v) is 2.98. The molecule has 82 valence electrons. The van der Waals surface area contributed by atoms with Gasteiger partial charge in [-0.05, 0) is 45.6 Å². The molecule has 0 spiro atoms. The lowest BCUT2D eigenvalue weighted by molar-refractivity contribution is 0.401. The number of imidazole rings is 1. The van der Waals surface area contributed by atoms with Crippen molar-refractivity contribution in [1.82, 2.24) is 14.9 Å². The van der Waals surface area contributed by atoms with Crippen LogP contribution < -0.4 is 5.32 Å². The number of hydrogen-bond acceptors (Lipinski definition) is 2. The molecule has 2 aliphatic heterocycles. The first-order chi connectivity index (χ1) is 7.36. The van der Waals surface area contributed by atoms with Gasteiger partial charge in [0.1, 0.15) is 5.82 Å². The van der Waals surface area contributed by atoms with Gasteiger partial charge in [0.25, 0.3) is 0 Å². The number of aromatic nitrogens is 2. The summed E-state index contributed by atoms with van der Waals surface area (Å²) < 4.78 is 2.48. The van der Waals surface area contributed by atoms with E-state index in [1.807, 2.05) is 0 Å². The summed E-state index contributed by atoms with van der Waals surface area (Å²) >= 11 is 0. The number of nitrogens with zero attached hydrogens (tertiary/aromatic N) is 2. The molecular formula is C12H19N3. The van der Waals surface area contributed by atoms with Gasteiger partial charge in [-0.2, -0.15) is 0 Å². The average Bonchev–Trinajstić information content (AvgIpc) is 2.85. The summed E-state index contributed by atoms with van der Waals surface area (Å²) in [5, 5.41) is 3.55. The molecule has 3 nitrogen and oxygen atoms in total. The Kier molecular flexibility index (Phi) is 2.28. The molecule has 3 heteroatoms. The summed E-state index contributed by atoms with van der Waals surface area (Å²) in [6, 6.07) is 1.16. The first kappa shape index (κ1) is 9.40. The molecular weight excluding hydrogens is 186 g/mol.